The van der Waals surface area contributed by atoms with Crippen LogP contribution in [0.3, 0.4) is 0 Å². The number of hydrogen-bond donors (Lipinski definition) is 2. The number of nitrogens with two attached hydrogens (primary N) is 1. The van der Waals surface area contributed by atoms with Crippen LogP contribution < -0.4 is 5.73 Å². The Morgan fingerprint density at radius 2 is 1.90 bits per heavy atom. The van der Waals surface area contributed by atoms with Crippen molar-refractivity contribution in [3.8, 4) is 0 Å². The molecule has 0 radical (unpaired) electrons. The van der Waals surface area contributed by atoms with Crippen LogP contribution in [0.5, 0.6) is 0 Å². The van der Waals surface area contributed by atoms with Crippen LogP contribution in [0.2, 0.25) is 0 Å². The molecule has 2 atom stereocenters. The molecule has 1 aliphatic carbocycles. The molecule has 2 unspecified atom stereocenters. The molecule has 2 rings (SSSR count). The van der Waals surface area contributed by atoms with Crippen LogP contribution in [0.15, 0.2) is 0 Å². The van der Waals surface area contributed by atoms with Gasteiger partial charge in [-0.05, 0) is 45.2 Å². The van der Waals surface area contributed by atoms with E-state index in [4.69, 9.17) is 11.1 Å². The third-order valence-electron chi connectivity index (χ3n) is 5.27. The zero-order valence-corrected chi connectivity index (χ0v) is 13.4. The van der Waals surface area contributed by atoms with E-state index < -0.39 is 9.84 Å². The molecule has 3 N–H and O–H groups in total. The molecule has 0 aromatic rings. The van der Waals surface area contributed by atoms with E-state index in [9.17, 15) is 8.42 Å². The molecule has 1 aliphatic heterocycles. The molecule has 1 saturated carbocycles. The van der Waals surface area contributed by atoms with Crippen LogP contribution in [-0.4, -0.2) is 49.8 Å². The lowest BCUT2D eigenvalue weighted by Gasteiger charge is -2.44. The summed E-state index contributed by atoms with van der Waals surface area (Å²) in [5.41, 5.74) is 5.52. The van der Waals surface area contributed by atoms with Crippen molar-refractivity contribution in [1.82, 2.24) is 4.90 Å². The van der Waals surface area contributed by atoms with Gasteiger partial charge in [-0.3, -0.25) is 5.41 Å². The van der Waals surface area contributed by atoms with Gasteiger partial charge in [0.1, 0.15) is 9.84 Å². The maximum absolute atomic E-state index is 11.7. The van der Waals surface area contributed by atoms with Gasteiger partial charge in [-0.1, -0.05) is 13.3 Å². The monoisotopic (exact) mass is 301 g/mol. The lowest BCUT2D eigenvalue weighted by molar-refractivity contribution is 0.0948. The highest BCUT2D eigenvalue weighted by molar-refractivity contribution is 7.91. The minimum atomic E-state index is -2.91. The first-order chi connectivity index (χ1) is 9.22. The summed E-state index contributed by atoms with van der Waals surface area (Å²) in [6.07, 6.45) is 6.86. The molecule has 6 heteroatoms. The summed E-state index contributed by atoms with van der Waals surface area (Å²) < 4.78 is 23.5. The smallest absolute Gasteiger partial charge is 0.150 e. The highest BCUT2D eigenvalue weighted by Crippen LogP contribution is 2.35. The van der Waals surface area contributed by atoms with Crippen LogP contribution in [0, 0.1) is 10.8 Å². The van der Waals surface area contributed by atoms with Crippen molar-refractivity contribution in [3.05, 3.63) is 0 Å². The zero-order valence-electron chi connectivity index (χ0n) is 12.6. The van der Waals surface area contributed by atoms with Gasteiger partial charge >= 0.3 is 0 Å². The average Bonchev–Trinajstić information content (AvgIpc) is 2.38. The molecule has 5 nitrogen and oxygen atoms in total. The molecule has 1 heterocycles. The van der Waals surface area contributed by atoms with E-state index in [2.05, 4.69) is 11.8 Å². The third-order valence-corrected chi connectivity index (χ3v) is 6.91. The number of sulfone groups is 1. The number of nitrogens with zero attached hydrogens (tertiary/aromatic N) is 1. The SMILES string of the molecule is CC1(C(=N)N)CCN(C2CCCC(S(C)(=O)=O)C2)CC1. The second-order valence-corrected chi connectivity index (χ2v) is 9.11. The number of piperidine rings is 1. The zero-order chi connectivity index (χ0) is 15.0. The fraction of sp³-hybridized carbons (Fsp3) is 0.929. The van der Waals surface area contributed by atoms with Gasteiger partial charge in [0, 0.05) is 17.7 Å². The Kier molecular flexibility index (Phi) is 4.44. The summed E-state index contributed by atoms with van der Waals surface area (Å²) >= 11 is 0. The Morgan fingerprint density at radius 1 is 1.30 bits per heavy atom. The highest BCUT2D eigenvalue weighted by atomic mass is 32.2. The van der Waals surface area contributed by atoms with Crippen molar-refractivity contribution in [2.75, 3.05) is 19.3 Å². The van der Waals surface area contributed by atoms with E-state index in [1.165, 1.54) is 6.26 Å². The molecular formula is C14H27N3O2S. The number of likely N-dealkylation sites (tertiary alicyclic amines) is 1. The van der Waals surface area contributed by atoms with Gasteiger partial charge in [-0.2, -0.15) is 0 Å². The van der Waals surface area contributed by atoms with Crippen LogP contribution >= 0.6 is 0 Å². The van der Waals surface area contributed by atoms with Gasteiger partial charge in [-0.25, -0.2) is 8.42 Å². The van der Waals surface area contributed by atoms with Crippen molar-refractivity contribution in [1.29, 1.82) is 5.41 Å². The molecule has 0 aromatic heterocycles. The lowest BCUT2D eigenvalue weighted by Crippen LogP contribution is -2.50. The van der Waals surface area contributed by atoms with Gasteiger partial charge in [-0.15, -0.1) is 0 Å². The Hall–Kier alpha value is -0.620. The predicted molar refractivity (Wildman–Crippen MR) is 81.7 cm³/mol. The van der Waals surface area contributed by atoms with Crippen molar-refractivity contribution in [2.24, 2.45) is 11.1 Å². The molecule has 2 fully saturated rings. The number of hydrogen-bond acceptors (Lipinski definition) is 4. The summed E-state index contributed by atoms with van der Waals surface area (Å²) in [6, 6.07) is 0.389. The van der Waals surface area contributed by atoms with Crippen LogP contribution in [-0.2, 0) is 9.84 Å². The summed E-state index contributed by atoms with van der Waals surface area (Å²) in [6.45, 7) is 3.92. The molecule has 20 heavy (non-hydrogen) atoms. The maximum Gasteiger partial charge on any atom is 0.150 e. The van der Waals surface area contributed by atoms with Gasteiger partial charge in [0.15, 0.2) is 0 Å². The van der Waals surface area contributed by atoms with Gasteiger partial charge < -0.3 is 10.6 Å². The van der Waals surface area contributed by atoms with E-state index in [0.717, 1.165) is 51.6 Å². The second kappa shape index (κ2) is 5.64. The summed E-state index contributed by atoms with van der Waals surface area (Å²) in [5.74, 6) is 0.287. The van der Waals surface area contributed by atoms with Gasteiger partial charge in [0.2, 0.25) is 0 Å². The quantitative estimate of drug-likeness (QED) is 0.609. The fourth-order valence-electron chi connectivity index (χ4n) is 3.49. The maximum atomic E-state index is 11.7. The minimum absolute atomic E-state index is 0.164. The van der Waals surface area contributed by atoms with Crippen LogP contribution in [0.1, 0.15) is 45.4 Å². The molecule has 116 valence electrons. The summed E-state index contributed by atoms with van der Waals surface area (Å²) in [5, 5.41) is 7.53. The topological polar surface area (TPSA) is 87.2 Å². The van der Waals surface area contributed by atoms with Crippen LogP contribution in [0.25, 0.3) is 0 Å². The molecule has 0 spiro atoms. The fourth-order valence-corrected chi connectivity index (χ4v) is 4.66. The van der Waals surface area contributed by atoms with Gasteiger partial charge in [0.25, 0.3) is 0 Å². The van der Waals surface area contributed by atoms with E-state index in [1.807, 2.05) is 0 Å². The largest absolute Gasteiger partial charge is 0.387 e. The van der Waals surface area contributed by atoms with E-state index in [0.29, 0.717) is 6.04 Å². The molecule has 2 aliphatic rings. The molecule has 0 amide bonds. The van der Waals surface area contributed by atoms with Crippen molar-refractivity contribution >= 4 is 15.7 Å². The van der Waals surface area contributed by atoms with E-state index >= 15 is 0 Å². The second-order valence-electron chi connectivity index (χ2n) is 6.78. The van der Waals surface area contributed by atoms with Crippen LogP contribution in [0.4, 0.5) is 0 Å². The first kappa shape index (κ1) is 15.8. The standard InChI is InChI=1S/C14H27N3O2S/c1-14(13(15)16)6-8-17(9-7-14)11-4-3-5-12(10-11)20(2,18)19/h11-12H,3-10H2,1-2H3,(H3,15,16). The average molecular weight is 301 g/mol. The number of nitrogens with one attached hydrogen (secondary N) is 1. The van der Waals surface area contributed by atoms with Gasteiger partial charge in [0.05, 0.1) is 11.1 Å². The molecule has 0 bridgehead atoms. The minimum Gasteiger partial charge on any atom is -0.387 e. The van der Waals surface area contributed by atoms with Crippen molar-refractivity contribution in [3.63, 3.8) is 0 Å². The van der Waals surface area contributed by atoms with E-state index in [1.54, 1.807) is 0 Å². The van der Waals surface area contributed by atoms with Crippen molar-refractivity contribution < 1.29 is 8.42 Å². The summed E-state index contributed by atoms with van der Waals surface area (Å²) in [7, 11) is -2.91. The Labute approximate surface area is 122 Å². The van der Waals surface area contributed by atoms with Crippen molar-refractivity contribution in [2.45, 2.75) is 56.7 Å². The summed E-state index contributed by atoms with van der Waals surface area (Å²) in [4.78, 5) is 2.42. The highest BCUT2D eigenvalue weighted by Gasteiger charge is 2.37. The molecular weight excluding hydrogens is 274 g/mol. The van der Waals surface area contributed by atoms with E-state index in [-0.39, 0.29) is 16.5 Å². The lowest BCUT2D eigenvalue weighted by atomic mass is 9.78. The molecule has 1 saturated heterocycles. The predicted octanol–water partition coefficient (Wildman–Crippen LogP) is 1.38. The Bertz CT molecular complexity index is 467. The third kappa shape index (κ3) is 3.34. The first-order valence-electron chi connectivity index (χ1n) is 7.50. The Balaban J connectivity index is 1.95. The number of amidine groups is 1. The number of rotatable bonds is 3. The molecule has 0 aromatic carbocycles. The normalized spacial score (nSPS) is 31.9. The first-order valence-corrected chi connectivity index (χ1v) is 9.45. The Morgan fingerprint density at radius 3 is 2.40 bits per heavy atom.